The number of ketones is 1. The number of carboxylic acid groups (broad SMARTS) is 1. The number of aliphatic hydroxyl groups excluding tert-OH is 1. The monoisotopic (exact) mass is 640 g/mol. The molecular weight excluding hydrogens is 592 g/mol. The average molecular weight is 641 g/mol. The lowest BCUT2D eigenvalue weighted by atomic mass is 9.98. The number of carboxylic acids is 1. The number of hydrogen-bond donors (Lipinski definition) is 8. The van der Waals surface area contributed by atoms with Gasteiger partial charge in [0.15, 0.2) is 5.78 Å². The molecule has 254 valence electrons. The molecule has 0 saturated carbocycles. The first kappa shape index (κ1) is 40.7. The number of allylic oxidation sites excluding steroid dienone is 1. The molecule has 45 heavy (non-hydrogen) atoms. The second-order valence-corrected chi connectivity index (χ2v) is 11.2. The SMILES string of the molecule is CC[C@H](C)[C@H](NC(C)=O)C(=O)N[C@@H](CO)C(=O)N[C@@H](CCC(N)=O)C(=O)N[C@@H](CC(C)C)C(=O)N[C@@H](C/C=C/C(C)=O)C(=O)O. The molecule has 0 rings (SSSR count). The van der Waals surface area contributed by atoms with E-state index < -0.39 is 78.2 Å². The molecule has 0 spiro atoms. The highest BCUT2D eigenvalue weighted by molar-refractivity contribution is 5.96. The Bertz CT molecular complexity index is 1110. The number of rotatable bonds is 21. The number of amides is 6. The molecule has 16 nitrogen and oxygen atoms in total. The Morgan fingerprint density at radius 3 is 1.73 bits per heavy atom. The van der Waals surface area contributed by atoms with Crippen LogP contribution in [0.2, 0.25) is 0 Å². The Morgan fingerprint density at radius 2 is 1.27 bits per heavy atom. The van der Waals surface area contributed by atoms with Gasteiger partial charge in [0.1, 0.15) is 30.2 Å². The molecule has 0 aromatic carbocycles. The minimum atomic E-state index is -1.55. The molecule has 0 aromatic heterocycles. The van der Waals surface area contributed by atoms with E-state index in [2.05, 4.69) is 26.6 Å². The summed E-state index contributed by atoms with van der Waals surface area (Å²) in [5.41, 5.74) is 5.23. The van der Waals surface area contributed by atoms with Crippen molar-refractivity contribution in [1.82, 2.24) is 26.6 Å². The van der Waals surface area contributed by atoms with Crippen LogP contribution in [0.15, 0.2) is 12.2 Å². The number of carbonyl (C=O) groups is 8. The molecule has 0 unspecified atom stereocenters. The summed E-state index contributed by atoms with van der Waals surface area (Å²) >= 11 is 0. The normalized spacial score (nSPS) is 15.1. The van der Waals surface area contributed by atoms with Gasteiger partial charge < -0.3 is 42.5 Å². The third kappa shape index (κ3) is 16.3. The lowest BCUT2D eigenvalue weighted by molar-refractivity contribution is -0.142. The van der Waals surface area contributed by atoms with Crippen LogP contribution in [0.5, 0.6) is 0 Å². The molecule has 0 aromatic rings. The largest absolute Gasteiger partial charge is 0.480 e. The Balaban J connectivity index is 5.95. The highest BCUT2D eigenvalue weighted by Crippen LogP contribution is 2.10. The summed E-state index contributed by atoms with van der Waals surface area (Å²) in [5, 5.41) is 31.4. The molecule has 0 fully saturated rings. The number of aliphatic carboxylic acids is 1. The number of nitrogens with two attached hydrogens (primary N) is 1. The van der Waals surface area contributed by atoms with Crippen LogP contribution in [-0.2, 0) is 38.4 Å². The molecule has 0 heterocycles. The first-order chi connectivity index (χ1) is 20.9. The first-order valence-electron chi connectivity index (χ1n) is 14.7. The zero-order chi connectivity index (χ0) is 34.9. The highest BCUT2D eigenvalue weighted by atomic mass is 16.4. The summed E-state index contributed by atoms with van der Waals surface area (Å²) < 4.78 is 0. The fourth-order valence-electron chi connectivity index (χ4n) is 4.04. The number of primary amides is 1. The van der Waals surface area contributed by atoms with Gasteiger partial charge >= 0.3 is 5.97 Å². The molecule has 0 saturated heterocycles. The molecular formula is C29H48N6O10. The van der Waals surface area contributed by atoms with Crippen molar-refractivity contribution < 1.29 is 48.6 Å². The van der Waals surface area contributed by atoms with E-state index in [9.17, 15) is 48.6 Å². The standard InChI is InChI=1S/C29H48N6O10/c1-7-16(4)24(31-18(6)38)28(43)35-22(14-36)27(42)32-19(11-12-23(30)39)25(40)34-21(13-15(2)3)26(41)33-20(29(44)45)10-8-9-17(5)37/h8-9,15-16,19-22,24,36H,7,10-14H2,1-6H3,(H2,30,39)(H,31,38)(H,32,42)(H,33,41)(H,34,40)(H,35,43)(H,44,45)/b9-8+/t16-,19-,20-,21-,22-,24-/m0/s1. The van der Waals surface area contributed by atoms with Gasteiger partial charge in [-0.25, -0.2) is 4.79 Å². The molecule has 0 aliphatic carbocycles. The second-order valence-electron chi connectivity index (χ2n) is 11.2. The maximum atomic E-state index is 13.3. The van der Waals surface area contributed by atoms with Crippen LogP contribution < -0.4 is 32.3 Å². The molecule has 0 aliphatic heterocycles. The Kier molecular flexibility index (Phi) is 18.6. The quantitative estimate of drug-likeness (QED) is 0.0666. The second kappa shape index (κ2) is 20.6. The van der Waals surface area contributed by atoms with Crippen molar-refractivity contribution in [1.29, 1.82) is 0 Å². The number of nitrogens with one attached hydrogen (secondary N) is 5. The van der Waals surface area contributed by atoms with Gasteiger partial charge in [-0.1, -0.05) is 40.2 Å². The fourth-order valence-corrected chi connectivity index (χ4v) is 4.04. The summed E-state index contributed by atoms with van der Waals surface area (Å²) in [6.07, 6.45) is 2.19. The molecule has 0 radical (unpaired) electrons. The predicted octanol–water partition coefficient (Wildman–Crippen LogP) is -1.60. The summed E-state index contributed by atoms with van der Waals surface area (Å²) in [6, 6.07) is -6.67. The summed E-state index contributed by atoms with van der Waals surface area (Å²) in [4.78, 5) is 98.3. The third-order valence-electron chi connectivity index (χ3n) is 6.66. The topological polar surface area (TPSA) is 263 Å². The van der Waals surface area contributed by atoms with E-state index in [0.717, 1.165) is 6.08 Å². The molecule has 6 atom stereocenters. The minimum Gasteiger partial charge on any atom is -0.480 e. The van der Waals surface area contributed by atoms with Gasteiger partial charge in [-0.2, -0.15) is 0 Å². The van der Waals surface area contributed by atoms with Gasteiger partial charge in [0, 0.05) is 13.3 Å². The van der Waals surface area contributed by atoms with E-state index in [-0.39, 0.29) is 43.3 Å². The van der Waals surface area contributed by atoms with E-state index in [1.165, 1.54) is 19.9 Å². The third-order valence-corrected chi connectivity index (χ3v) is 6.66. The van der Waals surface area contributed by atoms with Crippen LogP contribution in [-0.4, -0.2) is 94.2 Å². The van der Waals surface area contributed by atoms with E-state index in [1.807, 2.05) is 0 Å². The lowest BCUT2D eigenvalue weighted by Gasteiger charge is -2.27. The van der Waals surface area contributed by atoms with E-state index in [1.54, 1.807) is 27.7 Å². The molecule has 9 N–H and O–H groups in total. The van der Waals surface area contributed by atoms with E-state index in [0.29, 0.717) is 6.42 Å². The van der Waals surface area contributed by atoms with Crippen molar-refractivity contribution >= 4 is 47.2 Å². The molecule has 0 aliphatic rings. The van der Waals surface area contributed by atoms with Crippen LogP contribution >= 0.6 is 0 Å². The van der Waals surface area contributed by atoms with Crippen LogP contribution in [0.3, 0.4) is 0 Å². The number of aliphatic hydroxyl groups is 1. The zero-order valence-corrected chi connectivity index (χ0v) is 26.7. The Hall–Kier alpha value is -4.34. The highest BCUT2D eigenvalue weighted by Gasteiger charge is 2.33. The molecule has 16 heteroatoms. The van der Waals surface area contributed by atoms with Gasteiger partial charge in [0.2, 0.25) is 35.4 Å². The Labute approximate surface area is 262 Å². The van der Waals surface area contributed by atoms with Gasteiger partial charge in [-0.05, 0) is 44.1 Å². The predicted molar refractivity (Wildman–Crippen MR) is 162 cm³/mol. The summed E-state index contributed by atoms with van der Waals surface area (Å²) in [7, 11) is 0. The number of carbonyl (C=O) groups excluding carboxylic acids is 7. The zero-order valence-electron chi connectivity index (χ0n) is 26.7. The van der Waals surface area contributed by atoms with E-state index in [4.69, 9.17) is 5.73 Å². The van der Waals surface area contributed by atoms with Gasteiger partial charge in [0.05, 0.1) is 6.61 Å². The van der Waals surface area contributed by atoms with Gasteiger partial charge in [-0.15, -0.1) is 0 Å². The lowest BCUT2D eigenvalue weighted by Crippen LogP contribution is -2.60. The van der Waals surface area contributed by atoms with Crippen molar-refractivity contribution in [3.63, 3.8) is 0 Å². The van der Waals surface area contributed by atoms with Gasteiger partial charge in [-0.3, -0.25) is 33.6 Å². The average Bonchev–Trinajstić information content (AvgIpc) is 2.94. The smallest absolute Gasteiger partial charge is 0.326 e. The maximum Gasteiger partial charge on any atom is 0.326 e. The van der Waals surface area contributed by atoms with Crippen molar-refractivity contribution in [3.05, 3.63) is 12.2 Å². The van der Waals surface area contributed by atoms with Crippen molar-refractivity contribution in [2.45, 2.75) is 104 Å². The van der Waals surface area contributed by atoms with Crippen molar-refractivity contribution in [2.75, 3.05) is 6.61 Å². The summed E-state index contributed by atoms with van der Waals surface area (Å²) in [5.74, 6) is -6.92. The van der Waals surface area contributed by atoms with Crippen molar-refractivity contribution in [2.24, 2.45) is 17.6 Å². The van der Waals surface area contributed by atoms with Crippen LogP contribution in [0.25, 0.3) is 0 Å². The molecule has 6 amide bonds. The minimum absolute atomic E-state index is 0.0686. The fraction of sp³-hybridized carbons (Fsp3) is 0.655. The van der Waals surface area contributed by atoms with E-state index >= 15 is 0 Å². The molecule has 0 bridgehead atoms. The van der Waals surface area contributed by atoms with Gasteiger partial charge in [0.25, 0.3) is 0 Å². The first-order valence-corrected chi connectivity index (χ1v) is 14.7. The van der Waals surface area contributed by atoms with Crippen molar-refractivity contribution in [3.8, 4) is 0 Å². The van der Waals surface area contributed by atoms with Crippen LogP contribution in [0, 0.1) is 11.8 Å². The number of hydrogen-bond acceptors (Lipinski definition) is 9. The Morgan fingerprint density at radius 1 is 0.756 bits per heavy atom. The summed E-state index contributed by atoms with van der Waals surface area (Å²) in [6.45, 7) is 8.65. The van der Waals surface area contributed by atoms with Crippen LogP contribution in [0.4, 0.5) is 0 Å². The maximum absolute atomic E-state index is 13.3. The van der Waals surface area contributed by atoms with Crippen LogP contribution in [0.1, 0.15) is 73.6 Å².